The number of aldehydes is 1. The van der Waals surface area contributed by atoms with Crippen LogP contribution in [0.25, 0.3) is 10.8 Å². The molecule has 9 nitrogen and oxygen atoms in total. The fourth-order valence-electron chi connectivity index (χ4n) is 4.17. The Balaban J connectivity index is 1.56. The average Bonchev–Trinajstić information content (AvgIpc) is 2.90. The quantitative estimate of drug-likeness (QED) is 0.123. The summed E-state index contributed by atoms with van der Waals surface area (Å²) in [6.07, 6.45) is 4.52. The maximum absolute atomic E-state index is 13.4. The lowest BCUT2D eigenvalue weighted by molar-refractivity contribution is -0.140. The van der Waals surface area contributed by atoms with Gasteiger partial charge in [0.25, 0.3) is 0 Å². The molecule has 1 unspecified atom stereocenters. The van der Waals surface area contributed by atoms with E-state index >= 15 is 0 Å². The monoisotopic (exact) mass is 512 g/mol. The van der Waals surface area contributed by atoms with Crippen LogP contribution in [-0.2, 0) is 14.4 Å². The van der Waals surface area contributed by atoms with Crippen molar-refractivity contribution in [1.29, 1.82) is 0 Å². The molecule has 2 aromatic rings. The van der Waals surface area contributed by atoms with Crippen LogP contribution in [-0.4, -0.2) is 72.6 Å². The second kappa shape index (κ2) is 14.4. The lowest BCUT2D eigenvalue weighted by Crippen LogP contribution is -2.54. The van der Waals surface area contributed by atoms with Gasteiger partial charge in [0.15, 0.2) is 5.96 Å². The third-order valence-corrected chi connectivity index (χ3v) is 7.08. The number of unbranched alkanes of at least 4 members (excludes halogenated alkanes) is 2. The summed E-state index contributed by atoms with van der Waals surface area (Å²) >= 11 is 1.45. The minimum atomic E-state index is -0.402. The first-order valence-corrected chi connectivity index (χ1v) is 13.3. The van der Waals surface area contributed by atoms with Gasteiger partial charge in [0, 0.05) is 50.5 Å². The molecule has 2 aromatic carbocycles. The van der Waals surface area contributed by atoms with Crippen LogP contribution in [0.5, 0.6) is 0 Å². The molecule has 36 heavy (non-hydrogen) atoms. The largest absolute Gasteiger partial charge is 0.370 e. The minimum Gasteiger partial charge on any atom is -0.370 e. The van der Waals surface area contributed by atoms with E-state index in [1.54, 1.807) is 0 Å². The van der Waals surface area contributed by atoms with Crippen molar-refractivity contribution in [3.63, 3.8) is 0 Å². The average molecular weight is 513 g/mol. The second-order valence-electron chi connectivity index (χ2n) is 8.85. The van der Waals surface area contributed by atoms with E-state index in [4.69, 9.17) is 11.5 Å². The lowest BCUT2D eigenvalue weighted by atomic mass is 10.1. The summed E-state index contributed by atoms with van der Waals surface area (Å²) < 4.78 is 3.37. The Kier molecular flexibility index (Phi) is 11.0. The first-order chi connectivity index (χ1) is 17.5. The molecule has 0 spiro atoms. The number of nitrogens with one attached hydrogen (secondary N) is 1. The molecule has 0 aromatic heterocycles. The Morgan fingerprint density at radius 1 is 1.00 bits per heavy atom. The summed E-state index contributed by atoms with van der Waals surface area (Å²) in [4.78, 5) is 45.0. The summed E-state index contributed by atoms with van der Waals surface area (Å²) in [6, 6.07) is 14.0. The van der Waals surface area contributed by atoms with Crippen LogP contribution in [0, 0.1) is 0 Å². The van der Waals surface area contributed by atoms with Crippen LogP contribution in [0.3, 0.4) is 0 Å². The third-order valence-electron chi connectivity index (χ3n) is 6.19. The van der Waals surface area contributed by atoms with Gasteiger partial charge in [-0.15, -0.1) is 0 Å². The first kappa shape index (κ1) is 27.5. The lowest BCUT2D eigenvalue weighted by Gasteiger charge is -2.36. The Morgan fingerprint density at radius 3 is 2.44 bits per heavy atom. The van der Waals surface area contributed by atoms with Crippen molar-refractivity contribution < 1.29 is 14.4 Å². The molecular weight excluding hydrogens is 476 g/mol. The molecule has 1 heterocycles. The van der Waals surface area contributed by atoms with Gasteiger partial charge < -0.3 is 26.1 Å². The van der Waals surface area contributed by atoms with Crippen molar-refractivity contribution in [2.24, 2.45) is 16.5 Å². The third kappa shape index (κ3) is 8.53. The van der Waals surface area contributed by atoms with Crippen molar-refractivity contribution in [3.8, 4) is 0 Å². The summed E-state index contributed by atoms with van der Waals surface area (Å²) in [5, 5.41) is 2.31. The van der Waals surface area contributed by atoms with Gasteiger partial charge in [0.1, 0.15) is 6.29 Å². The molecule has 0 radical (unpaired) electrons. The summed E-state index contributed by atoms with van der Waals surface area (Å²) in [5.41, 5.74) is 10.9. The van der Waals surface area contributed by atoms with Crippen molar-refractivity contribution in [1.82, 2.24) is 14.5 Å². The number of nitrogens with two attached hydrogens (primary N) is 2. The van der Waals surface area contributed by atoms with Gasteiger partial charge >= 0.3 is 0 Å². The fraction of sp³-hybridized carbons (Fsp3) is 0.462. The highest BCUT2D eigenvalue weighted by molar-refractivity contribution is 7.97. The van der Waals surface area contributed by atoms with Crippen LogP contribution in [0.1, 0.15) is 38.5 Å². The molecule has 194 valence electrons. The van der Waals surface area contributed by atoms with E-state index in [0.29, 0.717) is 64.8 Å². The number of hydrogen-bond acceptors (Lipinski definition) is 6. The maximum atomic E-state index is 13.4. The maximum Gasteiger partial charge on any atom is 0.240 e. The molecule has 1 saturated heterocycles. The molecule has 1 fully saturated rings. The number of carbonyl (C=O) groups excluding carboxylic acids is 3. The smallest absolute Gasteiger partial charge is 0.240 e. The number of hydrogen-bond donors (Lipinski definition) is 3. The van der Waals surface area contributed by atoms with Gasteiger partial charge in [0.2, 0.25) is 11.8 Å². The molecule has 10 heteroatoms. The first-order valence-electron chi connectivity index (χ1n) is 12.4. The highest BCUT2D eigenvalue weighted by atomic mass is 32.2. The molecule has 5 N–H and O–H groups in total. The Bertz CT molecular complexity index is 1050. The SMILES string of the molecule is NC(N)=NCCCC(NSc1ccc2ccccc2c1)C(=O)N1CCN(C(=O)CCCCC=O)CC1. The number of guanidine groups is 1. The van der Waals surface area contributed by atoms with Gasteiger partial charge in [-0.2, -0.15) is 0 Å². The van der Waals surface area contributed by atoms with Crippen LogP contribution in [0.2, 0.25) is 0 Å². The van der Waals surface area contributed by atoms with E-state index in [1.165, 1.54) is 17.3 Å². The van der Waals surface area contributed by atoms with Crippen LogP contribution in [0.15, 0.2) is 52.4 Å². The summed E-state index contributed by atoms with van der Waals surface area (Å²) in [6.45, 7) is 2.52. The number of rotatable bonds is 13. The highest BCUT2D eigenvalue weighted by Crippen LogP contribution is 2.23. The molecule has 0 aliphatic carbocycles. The minimum absolute atomic E-state index is 0.0195. The number of nitrogens with zero attached hydrogens (tertiary/aromatic N) is 3. The number of benzene rings is 2. The van der Waals surface area contributed by atoms with Crippen molar-refractivity contribution in [2.45, 2.75) is 49.5 Å². The van der Waals surface area contributed by atoms with Gasteiger partial charge in [-0.3, -0.25) is 14.6 Å². The molecule has 1 aliphatic heterocycles. The van der Waals surface area contributed by atoms with Crippen LogP contribution < -0.4 is 16.2 Å². The number of piperazine rings is 1. The zero-order valence-electron chi connectivity index (χ0n) is 20.6. The molecule has 0 bridgehead atoms. The number of aliphatic imine (C=N–C) groups is 1. The normalized spacial score (nSPS) is 14.4. The van der Waals surface area contributed by atoms with E-state index < -0.39 is 6.04 Å². The number of amides is 2. The van der Waals surface area contributed by atoms with E-state index in [1.807, 2.05) is 28.0 Å². The van der Waals surface area contributed by atoms with Crippen molar-refractivity contribution >= 4 is 46.8 Å². The molecule has 1 aliphatic rings. The Morgan fingerprint density at radius 2 is 1.72 bits per heavy atom. The van der Waals surface area contributed by atoms with Gasteiger partial charge in [-0.1, -0.05) is 30.3 Å². The van der Waals surface area contributed by atoms with Gasteiger partial charge in [0.05, 0.1) is 6.04 Å². The van der Waals surface area contributed by atoms with Gasteiger partial charge in [-0.25, -0.2) is 4.72 Å². The second-order valence-corrected chi connectivity index (χ2v) is 9.76. The topological polar surface area (TPSA) is 134 Å². The summed E-state index contributed by atoms with van der Waals surface area (Å²) in [7, 11) is 0. The van der Waals surface area contributed by atoms with E-state index in [-0.39, 0.29) is 17.8 Å². The van der Waals surface area contributed by atoms with Gasteiger partial charge in [-0.05, 0) is 60.5 Å². The predicted molar refractivity (Wildman–Crippen MR) is 144 cm³/mol. The molecular formula is C26H36N6O3S. The zero-order chi connectivity index (χ0) is 25.8. The number of fused-ring (bicyclic) bond motifs is 1. The molecule has 3 rings (SSSR count). The number of carbonyl (C=O) groups is 3. The fourth-order valence-corrected chi connectivity index (χ4v) is 4.98. The standard InChI is InChI=1S/C26H36N6O3S/c27-26(28)29-13-6-9-23(30-36-22-12-11-20-7-3-4-8-21(20)19-22)25(35)32-16-14-31(15-17-32)24(34)10-2-1-5-18-33/h3-4,7-8,11-12,18-19,23,30H,1-2,5-6,9-10,13-17H2,(H4,27,28,29). The Labute approximate surface area is 216 Å². The highest BCUT2D eigenvalue weighted by Gasteiger charge is 2.28. The Hall–Kier alpha value is -3.11. The van der Waals surface area contributed by atoms with E-state index in [2.05, 4.69) is 34.0 Å². The van der Waals surface area contributed by atoms with Crippen LogP contribution in [0.4, 0.5) is 0 Å². The summed E-state index contributed by atoms with van der Waals surface area (Å²) in [5.74, 6) is 0.154. The molecule has 0 saturated carbocycles. The molecule has 1 atom stereocenters. The van der Waals surface area contributed by atoms with E-state index in [0.717, 1.165) is 23.0 Å². The molecule has 2 amide bonds. The van der Waals surface area contributed by atoms with Crippen molar-refractivity contribution in [2.75, 3.05) is 32.7 Å². The van der Waals surface area contributed by atoms with Crippen molar-refractivity contribution in [3.05, 3.63) is 42.5 Å². The zero-order valence-corrected chi connectivity index (χ0v) is 21.4. The van der Waals surface area contributed by atoms with Crippen LogP contribution >= 0.6 is 11.9 Å². The van der Waals surface area contributed by atoms with E-state index in [9.17, 15) is 14.4 Å². The predicted octanol–water partition coefficient (Wildman–Crippen LogP) is 2.29.